The summed E-state index contributed by atoms with van der Waals surface area (Å²) in [6, 6.07) is 25.2. The molecule has 0 aromatic heterocycles. The quantitative estimate of drug-likeness (QED) is 0.0763. The first-order valence-corrected chi connectivity index (χ1v) is 12.5. The second-order valence-corrected chi connectivity index (χ2v) is 9.00. The number of hydrogen-bond donors (Lipinski definition) is 1. The Kier molecular flexibility index (Phi) is 9.56. The molecule has 0 saturated heterocycles. The Labute approximate surface area is 229 Å². The van der Waals surface area contributed by atoms with Gasteiger partial charge in [-0.05, 0) is 77.4 Å². The van der Waals surface area contributed by atoms with Crippen molar-refractivity contribution >= 4 is 52.1 Å². The van der Waals surface area contributed by atoms with E-state index in [1.165, 1.54) is 6.21 Å². The number of hydrogen-bond acceptors (Lipinski definition) is 6. The van der Waals surface area contributed by atoms with Crippen molar-refractivity contribution in [2.75, 3.05) is 13.2 Å². The summed E-state index contributed by atoms with van der Waals surface area (Å²) in [6.45, 7) is 0.146. The molecule has 0 atom stereocenters. The third-order valence-electron chi connectivity index (χ3n) is 5.28. The number of nitrogens with zero attached hydrogens (tertiary/aromatic N) is 1. The van der Waals surface area contributed by atoms with Gasteiger partial charge < -0.3 is 14.2 Å². The zero-order chi connectivity index (χ0) is 26.7. The highest BCUT2D eigenvalue weighted by Crippen LogP contribution is 2.27. The number of amides is 1. The van der Waals surface area contributed by atoms with Crippen molar-refractivity contribution in [2.24, 2.45) is 5.10 Å². The molecular formula is C29H24Cl2N2O5. The van der Waals surface area contributed by atoms with Gasteiger partial charge in [-0.25, -0.2) is 5.43 Å². The summed E-state index contributed by atoms with van der Waals surface area (Å²) < 4.78 is 16.4. The van der Waals surface area contributed by atoms with E-state index in [0.29, 0.717) is 45.9 Å². The lowest BCUT2D eigenvalue weighted by atomic mass is 10.1. The topological polar surface area (TPSA) is 86.2 Å². The molecule has 4 rings (SSSR count). The van der Waals surface area contributed by atoms with Gasteiger partial charge >= 0.3 is 5.97 Å². The molecule has 0 aliphatic carbocycles. The minimum atomic E-state index is -0.387. The fraction of sp³-hybridized carbons (Fsp3) is 0.138. The first-order valence-electron chi connectivity index (χ1n) is 11.8. The normalized spacial score (nSPS) is 10.9. The second-order valence-electron chi connectivity index (χ2n) is 8.16. The van der Waals surface area contributed by atoms with E-state index in [2.05, 4.69) is 10.5 Å². The third-order valence-corrected chi connectivity index (χ3v) is 5.81. The van der Waals surface area contributed by atoms with Crippen LogP contribution in [-0.4, -0.2) is 31.3 Å². The molecule has 0 radical (unpaired) electrons. The molecule has 7 nitrogen and oxygen atoms in total. The van der Waals surface area contributed by atoms with E-state index in [-0.39, 0.29) is 24.9 Å². The summed E-state index contributed by atoms with van der Waals surface area (Å²) in [4.78, 5) is 24.1. The zero-order valence-electron chi connectivity index (χ0n) is 20.2. The van der Waals surface area contributed by atoms with Crippen LogP contribution in [0.4, 0.5) is 0 Å². The number of halogens is 2. The number of hydrazone groups is 1. The summed E-state index contributed by atoms with van der Waals surface area (Å²) in [7, 11) is 0. The maximum atomic E-state index is 12.1. The molecule has 0 saturated carbocycles. The smallest absolute Gasteiger partial charge is 0.311 e. The molecule has 0 unspecified atom stereocenters. The van der Waals surface area contributed by atoms with Gasteiger partial charge in [0.25, 0.3) is 5.91 Å². The molecule has 0 bridgehead atoms. The highest BCUT2D eigenvalue weighted by molar-refractivity contribution is 6.35. The van der Waals surface area contributed by atoms with Crippen LogP contribution in [0, 0.1) is 0 Å². The Morgan fingerprint density at radius 1 is 0.842 bits per heavy atom. The molecule has 38 heavy (non-hydrogen) atoms. The molecule has 0 spiro atoms. The number of benzene rings is 4. The van der Waals surface area contributed by atoms with Gasteiger partial charge in [0.15, 0.2) is 6.61 Å². The first kappa shape index (κ1) is 27.0. The maximum absolute atomic E-state index is 12.1. The molecule has 0 aliphatic heterocycles. The molecule has 0 heterocycles. The Morgan fingerprint density at radius 2 is 1.61 bits per heavy atom. The largest absolute Gasteiger partial charge is 0.492 e. The molecule has 0 fully saturated rings. The minimum Gasteiger partial charge on any atom is -0.492 e. The van der Waals surface area contributed by atoms with E-state index in [4.69, 9.17) is 37.4 Å². The Balaban J connectivity index is 1.14. The van der Waals surface area contributed by atoms with Crippen LogP contribution >= 0.6 is 23.2 Å². The van der Waals surface area contributed by atoms with Gasteiger partial charge in [-0.15, -0.1) is 0 Å². The average Bonchev–Trinajstić information content (AvgIpc) is 2.92. The second kappa shape index (κ2) is 13.5. The molecule has 4 aromatic rings. The van der Waals surface area contributed by atoms with Gasteiger partial charge in [0, 0.05) is 11.4 Å². The Bertz CT molecular complexity index is 1440. The van der Waals surface area contributed by atoms with Gasteiger partial charge in [-0.2, -0.15) is 5.10 Å². The van der Waals surface area contributed by atoms with E-state index in [1.54, 1.807) is 42.5 Å². The van der Waals surface area contributed by atoms with Crippen molar-refractivity contribution in [3.63, 3.8) is 0 Å². The molecule has 1 amide bonds. The monoisotopic (exact) mass is 550 g/mol. The summed E-state index contributed by atoms with van der Waals surface area (Å²) >= 11 is 11.9. The molecule has 4 aromatic carbocycles. The van der Waals surface area contributed by atoms with Crippen LogP contribution in [0.5, 0.6) is 17.2 Å². The Morgan fingerprint density at radius 3 is 2.39 bits per heavy atom. The fourth-order valence-electron chi connectivity index (χ4n) is 3.41. The van der Waals surface area contributed by atoms with Gasteiger partial charge in [0.2, 0.25) is 0 Å². The highest BCUT2D eigenvalue weighted by Gasteiger charge is 2.07. The highest BCUT2D eigenvalue weighted by atomic mass is 35.5. The van der Waals surface area contributed by atoms with Crippen molar-refractivity contribution in [1.82, 2.24) is 5.43 Å². The summed E-state index contributed by atoms with van der Waals surface area (Å²) in [5.41, 5.74) is 3.14. The standard InChI is InChI=1S/C29H24Cl2N2O5/c30-23-10-14-27(26(31)17-23)36-15-3-6-29(35)38-24-11-7-20(8-12-24)18-32-33-28(34)19-37-25-13-9-21-4-1-2-5-22(21)16-25/h1-2,4-5,7-14,16-18H,3,6,15,19H2,(H,33,34)/b32-18+. The average molecular weight is 551 g/mol. The maximum Gasteiger partial charge on any atom is 0.311 e. The van der Waals surface area contributed by atoms with Crippen LogP contribution in [0.3, 0.4) is 0 Å². The van der Waals surface area contributed by atoms with Crippen LogP contribution in [0.25, 0.3) is 10.8 Å². The van der Waals surface area contributed by atoms with Crippen LogP contribution in [-0.2, 0) is 9.59 Å². The van der Waals surface area contributed by atoms with Crippen molar-refractivity contribution in [1.29, 1.82) is 0 Å². The number of nitrogens with one attached hydrogen (secondary N) is 1. The van der Waals surface area contributed by atoms with Crippen molar-refractivity contribution in [3.05, 3.63) is 101 Å². The van der Waals surface area contributed by atoms with Crippen molar-refractivity contribution in [2.45, 2.75) is 12.8 Å². The summed E-state index contributed by atoms with van der Waals surface area (Å²) in [5.74, 6) is 0.751. The van der Waals surface area contributed by atoms with Crippen LogP contribution in [0.2, 0.25) is 10.0 Å². The lowest BCUT2D eigenvalue weighted by Crippen LogP contribution is -2.24. The van der Waals surface area contributed by atoms with E-state index < -0.39 is 0 Å². The molecule has 9 heteroatoms. The van der Waals surface area contributed by atoms with Crippen LogP contribution in [0.1, 0.15) is 18.4 Å². The van der Waals surface area contributed by atoms with Gasteiger partial charge in [-0.3, -0.25) is 9.59 Å². The SMILES string of the molecule is O=C(COc1ccc2ccccc2c1)N/N=C/c1ccc(OC(=O)CCCOc2ccc(Cl)cc2Cl)cc1. The Hall–Kier alpha value is -4.07. The van der Waals surface area contributed by atoms with E-state index in [1.807, 2.05) is 42.5 Å². The molecule has 194 valence electrons. The fourth-order valence-corrected chi connectivity index (χ4v) is 3.88. The molecule has 0 aliphatic rings. The number of carbonyl (C=O) groups is 2. The van der Waals surface area contributed by atoms with Gasteiger partial charge in [0.05, 0.1) is 17.8 Å². The number of carbonyl (C=O) groups excluding carboxylic acids is 2. The van der Waals surface area contributed by atoms with Crippen molar-refractivity contribution in [3.8, 4) is 17.2 Å². The predicted octanol–water partition coefficient (Wildman–Crippen LogP) is 6.44. The van der Waals surface area contributed by atoms with Crippen LogP contribution < -0.4 is 19.6 Å². The summed E-state index contributed by atoms with van der Waals surface area (Å²) in [6.07, 6.45) is 2.13. The zero-order valence-corrected chi connectivity index (χ0v) is 21.7. The van der Waals surface area contributed by atoms with Gasteiger partial charge in [0.1, 0.15) is 17.2 Å². The molecule has 1 N–H and O–H groups in total. The first-order chi connectivity index (χ1) is 18.5. The minimum absolute atomic E-state index is 0.164. The number of ether oxygens (including phenoxy) is 3. The van der Waals surface area contributed by atoms with Gasteiger partial charge in [-0.1, -0.05) is 53.5 Å². The van der Waals surface area contributed by atoms with E-state index >= 15 is 0 Å². The lowest BCUT2D eigenvalue weighted by Gasteiger charge is -2.08. The molecular weight excluding hydrogens is 527 g/mol. The predicted molar refractivity (Wildman–Crippen MR) is 148 cm³/mol. The number of rotatable bonds is 11. The summed E-state index contributed by atoms with van der Waals surface area (Å²) in [5, 5.41) is 7.01. The number of fused-ring (bicyclic) bond motifs is 1. The third kappa shape index (κ3) is 8.23. The lowest BCUT2D eigenvalue weighted by molar-refractivity contribution is -0.134. The van der Waals surface area contributed by atoms with E-state index in [0.717, 1.165) is 10.8 Å². The van der Waals surface area contributed by atoms with E-state index in [9.17, 15) is 9.59 Å². The van der Waals surface area contributed by atoms with Crippen molar-refractivity contribution < 1.29 is 23.8 Å². The van der Waals surface area contributed by atoms with Crippen LogP contribution in [0.15, 0.2) is 90.0 Å². The number of esters is 1.